The summed E-state index contributed by atoms with van der Waals surface area (Å²) in [5, 5.41) is 20.6. The third-order valence-electron chi connectivity index (χ3n) is 4.71. The van der Waals surface area contributed by atoms with Crippen LogP contribution < -0.4 is 0 Å². The molecule has 9 heteroatoms. The van der Waals surface area contributed by atoms with Crippen molar-refractivity contribution >= 4 is 33.5 Å². The summed E-state index contributed by atoms with van der Waals surface area (Å²) in [7, 11) is 0. The smallest absolute Gasteiger partial charge is 0.303 e. The molecule has 0 bridgehead atoms. The molecule has 8 nitrogen and oxygen atoms in total. The van der Waals surface area contributed by atoms with Crippen LogP contribution in [-0.4, -0.2) is 62.8 Å². The molecule has 5 atom stereocenters. The van der Waals surface area contributed by atoms with Crippen molar-refractivity contribution in [2.24, 2.45) is 0 Å². The van der Waals surface area contributed by atoms with E-state index in [9.17, 15) is 24.6 Å². The summed E-state index contributed by atoms with van der Waals surface area (Å²) in [6.45, 7) is 3.11. The van der Waals surface area contributed by atoms with Crippen LogP contribution >= 0.6 is 15.9 Å². The van der Waals surface area contributed by atoms with E-state index in [-0.39, 0.29) is 13.2 Å². The number of ketones is 2. The molecule has 2 N–H and O–H groups in total. The number of hydrogen-bond donors (Lipinski definition) is 2. The fourth-order valence-electron chi connectivity index (χ4n) is 3.21. The van der Waals surface area contributed by atoms with Crippen molar-refractivity contribution in [3.05, 3.63) is 35.9 Å². The maximum Gasteiger partial charge on any atom is 0.303 e. The molecule has 0 unspecified atom stereocenters. The van der Waals surface area contributed by atoms with Gasteiger partial charge in [-0.3, -0.25) is 14.4 Å². The van der Waals surface area contributed by atoms with Crippen molar-refractivity contribution in [2.45, 2.75) is 55.8 Å². The largest absolute Gasteiger partial charge is 0.456 e. The molecular formula is C19H23BrO8. The molecule has 1 aliphatic rings. The highest BCUT2D eigenvalue weighted by Gasteiger charge is 2.71. The second-order valence-corrected chi connectivity index (χ2v) is 7.50. The minimum absolute atomic E-state index is 0.168. The minimum atomic E-state index is -2.72. The molecule has 1 fully saturated rings. The first-order valence-corrected chi connectivity index (χ1v) is 9.52. The highest BCUT2D eigenvalue weighted by atomic mass is 79.9. The third kappa shape index (κ3) is 4.04. The van der Waals surface area contributed by atoms with Gasteiger partial charge in [0.15, 0.2) is 28.3 Å². The van der Waals surface area contributed by atoms with Crippen LogP contribution in [0.25, 0.3) is 0 Å². The van der Waals surface area contributed by atoms with Crippen LogP contribution in [0.1, 0.15) is 26.3 Å². The van der Waals surface area contributed by atoms with Gasteiger partial charge in [-0.15, -0.1) is 0 Å². The van der Waals surface area contributed by atoms with E-state index in [0.29, 0.717) is 0 Å². The number of carbonyl (C=O) groups is 3. The van der Waals surface area contributed by atoms with Crippen LogP contribution in [-0.2, 0) is 35.2 Å². The number of rotatable bonds is 7. The SMILES string of the molecule is CC(=O)O[C@H]1[C@@H](COCc2ccccc2)O[C@H](Br)[C@@](O)(C(C)=O)[C@]1(O)C(C)=O. The number of ether oxygens (including phenoxy) is 3. The Morgan fingerprint density at radius 1 is 1.07 bits per heavy atom. The van der Waals surface area contributed by atoms with E-state index in [1.54, 1.807) is 0 Å². The van der Waals surface area contributed by atoms with E-state index in [4.69, 9.17) is 14.2 Å². The summed E-state index contributed by atoms with van der Waals surface area (Å²) < 4.78 is 16.3. The van der Waals surface area contributed by atoms with E-state index < -0.39 is 46.0 Å². The number of halogens is 1. The Morgan fingerprint density at radius 2 is 1.64 bits per heavy atom. The zero-order valence-corrected chi connectivity index (χ0v) is 17.3. The van der Waals surface area contributed by atoms with Gasteiger partial charge in [0.05, 0.1) is 13.2 Å². The third-order valence-corrected chi connectivity index (χ3v) is 5.59. The Balaban J connectivity index is 2.33. The fraction of sp³-hybridized carbons (Fsp3) is 0.526. The molecule has 0 aromatic heterocycles. The number of esters is 1. The van der Waals surface area contributed by atoms with Gasteiger partial charge in [-0.05, 0) is 19.4 Å². The van der Waals surface area contributed by atoms with Crippen LogP contribution in [0.2, 0.25) is 0 Å². The Morgan fingerprint density at radius 3 is 2.14 bits per heavy atom. The van der Waals surface area contributed by atoms with Crippen molar-refractivity contribution in [3.8, 4) is 0 Å². The molecule has 1 saturated heterocycles. The molecule has 1 aromatic rings. The molecule has 1 heterocycles. The molecule has 0 amide bonds. The lowest BCUT2D eigenvalue weighted by Gasteiger charge is -2.52. The lowest BCUT2D eigenvalue weighted by Crippen LogP contribution is -2.78. The second-order valence-electron chi connectivity index (χ2n) is 6.67. The summed E-state index contributed by atoms with van der Waals surface area (Å²) in [6, 6.07) is 9.23. The zero-order chi connectivity index (χ0) is 21.1. The summed E-state index contributed by atoms with van der Waals surface area (Å²) in [4.78, 5) is 36.1. The van der Waals surface area contributed by atoms with Gasteiger partial charge in [0.1, 0.15) is 6.10 Å². The van der Waals surface area contributed by atoms with Crippen LogP contribution in [0.15, 0.2) is 30.3 Å². The maximum absolute atomic E-state index is 12.3. The summed E-state index contributed by atoms with van der Waals surface area (Å²) in [5.74, 6) is -2.69. The number of carbonyl (C=O) groups excluding carboxylic acids is 3. The van der Waals surface area contributed by atoms with Crippen molar-refractivity contribution in [1.29, 1.82) is 0 Å². The number of aliphatic hydroxyl groups is 2. The fourth-order valence-corrected chi connectivity index (χ4v) is 4.16. The van der Waals surface area contributed by atoms with Crippen molar-refractivity contribution in [3.63, 3.8) is 0 Å². The molecule has 0 saturated carbocycles. The number of alkyl halides is 1. The predicted molar refractivity (Wildman–Crippen MR) is 101 cm³/mol. The first-order valence-electron chi connectivity index (χ1n) is 8.60. The highest BCUT2D eigenvalue weighted by molar-refractivity contribution is 9.09. The standard InChI is InChI=1S/C19H23BrO8/c1-11(21)18(24)16(27-13(3)23)15(28-17(20)19(18,25)12(2)22)10-26-9-14-7-5-4-6-8-14/h4-8,15-17,24-25H,9-10H2,1-3H3/t15-,16+,17+,18+,19+/m1/s1. The van der Waals surface area contributed by atoms with Gasteiger partial charge in [-0.25, -0.2) is 0 Å². The minimum Gasteiger partial charge on any atom is -0.456 e. The van der Waals surface area contributed by atoms with Crippen molar-refractivity contribution < 1.29 is 38.8 Å². The van der Waals surface area contributed by atoms with Crippen LogP contribution in [0, 0.1) is 0 Å². The van der Waals surface area contributed by atoms with E-state index in [1.165, 1.54) is 0 Å². The monoisotopic (exact) mass is 458 g/mol. The molecule has 1 aromatic carbocycles. The average molecular weight is 459 g/mol. The average Bonchev–Trinajstić information content (AvgIpc) is 2.63. The van der Waals surface area contributed by atoms with Gasteiger partial charge in [0.2, 0.25) is 5.60 Å². The number of Topliss-reactive ketones (excluding diaryl/α,β-unsaturated/α-hetero) is 2. The molecular weight excluding hydrogens is 436 g/mol. The molecule has 1 aliphatic heterocycles. The summed E-state index contributed by atoms with van der Waals surface area (Å²) in [6.07, 6.45) is -2.77. The van der Waals surface area contributed by atoms with Crippen LogP contribution in [0.4, 0.5) is 0 Å². The molecule has 28 heavy (non-hydrogen) atoms. The maximum atomic E-state index is 12.3. The van der Waals surface area contributed by atoms with Gasteiger partial charge in [-0.2, -0.15) is 0 Å². The van der Waals surface area contributed by atoms with E-state index >= 15 is 0 Å². The van der Waals surface area contributed by atoms with Gasteiger partial charge in [-0.1, -0.05) is 46.3 Å². The summed E-state index contributed by atoms with van der Waals surface area (Å²) in [5.41, 5.74) is -4.51. The van der Waals surface area contributed by atoms with Crippen molar-refractivity contribution in [2.75, 3.05) is 6.61 Å². The first-order chi connectivity index (χ1) is 13.0. The summed E-state index contributed by atoms with van der Waals surface area (Å²) >= 11 is 3.03. The Kier molecular flexibility index (Phi) is 7.11. The normalized spacial score (nSPS) is 32.6. The van der Waals surface area contributed by atoms with E-state index in [2.05, 4.69) is 15.9 Å². The molecule has 154 valence electrons. The number of benzene rings is 1. The van der Waals surface area contributed by atoms with Gasteiger partial charge in [0.25, 0.3) is 0 Å². The molecule has 0 spiro atoms. The molecule has 2 rings (SSSR count). The first kappa shape index (κ1) is 22.6. The van der Waals surface area contributed by atoms with Gasteiger partial charge >= 0.3 is 5.97 Å². The zero-order valence-electron chi connectivity index (χ0n) is 15.8. The predicted octanol–water partition coefficient (Wildman–Crippen LogP) is 0.895. The van der Waals surface area contributed by atoms with Crippen LogP contribution in [0.3, 0.4) is 0 Å². The highest BCUT2D eigenvalue weighted by Crippen LogP contribution is 2.43. The van der Waals surface area contributed by atoms with Gasteiger partial charge in [0, 0.05) is 6.92 Å². The lowest BCUT2D eigenvalue weighted by atomic mass is 9.70. The second kappa shape index (κ2) is 8.79. The Bertz CT molecular complexity index is 739. The Hall–Kier alpha value is -1.65. The van der Waals surface area contributed by atoms with E-state index in [1.807, 2.05) is 30.3 Å². The molecule has 0 aliphatic carbocycles. The number of hydrogen-bond acceptors (Lipinski definition) is 8. The Labute approximate surface area is 170 Å². The quantitative estimate of drug-likeness (QED) is 0.456. The topological polar surface area (TPSA) is 119 Å². The van der Waals surface area contributed by atoms with Crippen LogP contribution in [0.5, 0.6) is 0 Å². The van der Waals surface area contributed by atoms with Crippen molar-refractivity contribution in [1.82, 2.24) is 0 Å². The van der Waals surface area contributed by atoms with Gasteiger partial charge < -0.3 is 24.4 Å². The van der Waals surface area contributed by atoms with E-state index in [0.717, 1.165) is 26.3 Å². The lowest BCUT2D eigenvalue weighted by molar-refractivity contribution is -0.282. The molecule has 0 radical (unpaired) electrons.